The zero-order chi connectivity index (χ0) is 19.8. The van der Waals surface area contributed by atoms with Crippen LogP contribution in [0.5, 0.6) is 0 Å². The largest absolute Gasteiger partial charge is 0.361 e. The third-order valence-corrected chi connectivity index (χ3v) is 6.19. The van der Waals surface area contributed by atoms with Crippen molar-refractivity contribution in [1.29, 1.82) is 0 Å². The van der Waals surface area contributed by atoms with Crippen LogP contribution in [0.1, 0.15) is 35.4 Å². The molecule has 0 N–H and O–H groups in total. The van der Waals surface area contributed by atoms with E-state index in [0.29, 0.717) is 27.6 Å². The Morgan fingerprint density at radius 2 is 2.00 bits per heavy atom. The van der Waals surface area contributed by atoms with Gasteiger partial charge in [0, 0.05) is 23.9 Å². The monoisotopic (exact) mass is 404 g/mol. The van der Waals surface area contributed by atoms with Gasteiger partial charge in [-0.05, 0) is 49.9 Å². The maximum absolute atomic E-state index is 13.3. The molecule has 0 unspecified atom stereocenters. The number of fused-ring (bicyclic) bond motifs is 2. The first-order valence-corrected chi connectivity index (χ1v) is 10.7. The Kier molecular flexibility index (Phi) is 4.67. The minimum absolute atomic E-state index is 0.114. The smallest absolute Gasteiger partial charge is 0.267 e. The van der Waals surface area contributed by atoms with Gasteiger partial charge >= 0.3 is 0 Å². The lowest BCUT2D eigenvalue weighted by molar-refractivity contribution is 0.369. The lowest BCUT2D eigenvalue weighted by atomic mass is 9.97. The Balaban J connectivity index is 1.58. The molecule has 3 aromatic heterocycles. The van der Waals surface area contributed by atoms with Crippen LogP contribution in [0.15, 0.2) is 57.1 Å². The molecule has 0 atom stereocenters. The second-order valence-corrected chi connectivity index (χ2v) is 8.22. The predicted molar refractivity (Wildman–Crippen MR) is 113 cm³/mol. The van der Waals surface area contributed by atoms with E-state index >= 15 is 0 Å². The second kappa shape index (κ2) is 7.48. The fourth-order valence-corrected chi connectivity index (χ4v) is 4.66. The van der Waals surface area contributed by atoms with Crippen molar-refractivity contribution < 1.29 is 4.52 Å². The minimum atomic E-state index is -0.114. The standard InChI is InChI=1S/C22H20N4O2S/c1-14-10-11-20(23-12-14)26-21(27)16-7-2-4-8-17(16)24-22(26)29-13-18-15-6-3-5-9-19(15)28-25-18/h2,4,7-8,10-12H,3,5-6,9,13H2,1H3. The first-order chi connectivity index (χ1) is 14.2. The van der Waals surface area contributed by atoms with Gasteiger partial charge in [0.2, 0.25) is 0 Å². The summed E-state index contributed by atoms with van der Waals surface area (Å²) in [4.78, 5) is 22.5. The van der Waals surface area contributed by atoms with E-state index in [9.17, 15) is 4.79 Å². The molecule has 0 radical (unpaired) electrons. The third-order valence-electron chi connectivity index (χ3n) is 5.24. The maximum Gasteiger partial charge on any atom is 0.267 e. The van der Waals surface area contributed by atoms with Gasteiger partial charge in [-0.1, -0.05) is 35.1 Å². The molecule has 0 saturated heterocycles. The number of thioether (sulfide) groups is 1. The average Bonchev–Trinajstić information content (AvgIpc) is 3.16. The molecule has 0 fully saturated rings. The molecular weight excluding hydrogens is 384 g/mol. The van der Waals surface area contributed by atoms with Gasteiger partial charge in [0.05, 0.1) is 16.6 Å². The SMILES string of the molecule is Cc1ccc(-n2c(SCc3noc4c3CCCC4)nc3ccccc3c2=O)nc1. The second-order valence-electron chi connectivity index (χ2n) is 7.27. The summed E-state index contributed by atoms with van der Waals surface area (Å²) in [5.41, 5.74) is 3.79. The van der Waals surface area contributed by atoms with E-state index in [1.54, 1.807) is 16.8 Å². The van der Waals surface area contributed by atoms with Gasteiger partial charge < -0.3 is 4.52 Å². The Morgan fingerprint density at radius 3 is 2.86 bits per heavy atom. The highest BCUT2D eigenvalue weighted by Crippen LogP contribution is 2.29. The molecule has 0 aliphatic heterocycles. The Morgan fingerprint density at radius 1 is 1.14 bits per heavy atom. The fourth-order valence-electron chi connectivity index (χ4n) is 3.70. The molecule has 29 heavy (non-hydrogen) atoms. The van der Waals surface area contributed by atoms with Crippen molar-refractivity contribution in [3.63, 3.8) is 0 Å². The van der Waals surface area contributed by atoms with Crippen LogP contribution in [-0.4, -0.2) is 19.7 Å². The molecule has 0 saturated carbocycles. The van der Waals surface area contributed by atoms with Crippen LogP contribution in [0.4, 0.5) is 0 Å². The van der Waals surface area contributed by atoms with Gasteiger partial charge in [-0.25, -0.2) is 14.5 Å². The summed E-state index contributed by atoms with van der Waals surface area (Å²) in [6, 6.07) is 11.2. The summed E-state index contributed by atoms with van der Waals surface area (Å²) < 4.78 is 7.13. The summed E-state index contributed by atoms with van der Waals surface area (Å²) in [5, 5.41) is 5.48. The van der Waals surface area contributed by atoms with E-state index < -0.39 is 0 Å². The van der Waals surface area contributed by atoms with Crippen LogP contribution >= 0.6 is 11.8 Å². The molecule has 0 spiro atoms. The van der Waals surface area contributed by atoms with Gasteiger partial charge in [-0.3, -0.25) is 4.79 Å². The summed E-state index contributed by atoms with van der Waals surface area (Å²) in [6.45, 7) is 1.97. The maximum atomic E-state index is 13.3. The van der Waals surface area contributed by atoms with Crippen LogP contribution in [-0.2, 0) is 18.6 Å². The van der Waals surface area contributed by atoms with Crippen LogP contribution in [0.2, 0.25) is 0 Å². The number of para-hydroxylation sites is 1. The van der Waals surface area contributed by atoms with E-state index in [0.717, 1.165) is 42.7 Å². The molecule has 5 rings (SSSR count). The van der Waals surface area contributed by atoms with Gasteiger partial charge in [-0.2, -0.15) is 0 Å². The van der Waals surface area contributed by atoms with E-state index in [4.69, 9.17) is 9.51 Å². The van der Waals surface area contributed by atoms with Crippen LogP contribution in [0, 0.1) is 6.92 Å². The molecule has 0 bridgehead atoms. The van der Waals surface area contributed by atoms with Gasteiger partial charge in [0.15, 0.2) is 5.16 Å². The van der Waals surface area contributed by atoms with Crippen molar-refractivity contribution in [3.05, 3.63) is 75.5 Å². The lowest BCUT2D eigenvalue weighted by Gasteiger charge is -2.13. The lowest BCUT2D eigenvalue weighted by Crippen LogP contribution is -2.22. The molecule has 146 valence electrons. The Bertz CT molecular complexity index is 1240. The highest BCUT2D eigenvalue weighted by Gasteiger charge is 2.21. The zero-order valence-electron chi connectivity index (χ0n) is 16.1. The van der Waals surface area contributed by atoms with Crippen molar-refractivity contribution >= 4 is 22.7 Å². The summed E-state index contributed by atoms with van der Waals surface area (Å²) >= 11 is 1.49. The van der Waals surface area contributed by atoms with Gasteiger partial charge in [0.1, 0.15) is 11.6 Å². The molecule has 3 heterocycles. The number of pyridine rings is 1. The molecule has 0 amide bonds. The van der Waals surface area contributed by atoms with Crippen LogP contribution in [0.3, 0.4) is 0 Å². The summed E-state index contributed by atoms with van der Waals surface area (Å²) in [7, 11) is 0. The Hall–Kier alpha value is -2.93. The van der Waals surface area contributed by atoms with Crippen molar-refractivity contribution in [1.82, 2.24) is 19.7 Å². The van der Waals surface area contributed by atoms with E-state index in [1.807, 2.05) is 37.3 Å². The molecule has 6 nitrogen and oxygen atoms in total. The number of rotatable bonds is 4. The van der Waals surface area contributed by atoms with Crippen LogP contribution in [0.25, 0.3) is 16.7 Å². The van der Waals surface area contributed by atoms with Crippen molar-refractivity contribution in [2.75, 3.05) is 0 Å². The fraction of sp³-hybridized carbons (Fsp3) is 0.273. The molecular formula is C22H20N4O2S. The summed E-state index contributed by atoms with van der Waals surface area (Å²) in [5.74, 6) is 2.19. The number of aromatic nitrogens is 4. The number of aryl methyl sites for hydroxylation is 2. The van der Waals surface area contributed by atoms with Gasteiger partial charge in [-0.15, -0.1) is 0 Å². The van der Waals surface area contributed by atoms with E-state index in [-0.39, 0.29) is 5.56 Å². The number of nitrogens with zero attached hydrogens (tertiary/aromatic N) is 4. The van der Waals surface area contributed by atoms with Crippen LogP contribution < -0.4 is 5.56 Å². The quantitative estimate of drug-likeness (QED) is 0.374. The normalized spacial score (nSPS) is 13.6. The zero-order valence-corrected chi connectivity index (χ0v) is 16.9. The predicted octanol–water partition coefficient (Wildman–Crippen LogP) is 4.25. The number of benzene rings is 1. The van der Waals surface area contributed by atoms with E-state index in [1.165, 1.54) is 17.3 Å². The molecule has 1 aliphatic rings. The average molecular weight is 404 g/mol. The molecule has 1 aliphatic carbocycles. The highest BCUT2D eigenvalue weighted by atomic mass is 32.2. The Labute approximate surface area is 172 Å². The van der Waals surface area contributed by atoms with Gasteiger partial charge in [0.25, 0.3) is 5.56 Å². The first kappa shape index (κ1) is 18.1. The highest BCUT2D eigenvalue weighted by molar-refractivity contribution is 7.98. The summed E-state index contributed by atoms with van der Waals surface area (Å²) in [6.07, 6.45) is 6.04. The number of hydrogen-bond acceptors (Lipinski definition) is 6. The minimum Gasteiger partial charge on any atom is -0.361 e. The third kappa shape index (κ3) is 3.35. The van der Waals surface area contributed by atoms with Crippen molar-refractivity contribution in [2.45, 2.75) is 43.5 Å². The van der Waals surface area contributed by atoms with Crippen molar-refractivity contribution in [3.8, 4) is 5.82 Å². The topological polar surface area (TPSA) is 73.8 Å². The molecule has 7 heteroatoms. The molecule has 1 aromatic carbocycles. The van der Waals surface area contributed by atoms with Crippen molar-refractivity contribution in [2.24, 2.45) is 0 Å². The molecule has 4 aromatic rings. The first-order valence-electron chi connectivity index (χ1n) is 9.74. The number of hydrogen-bond donors (Lipinski definition) is 0. The van der Waals surface area contributed by atoms with E-state index in [2.05, 4.69) is 10.1 Å².